The zero-order valence-electron chi connectivity index (χ0n) is 17.7. The molecular weight excluding hydrogens is 378 g/mol. The van der Waals surface area contributed by atoms with Crippen molar-refractivity contribution in [2.75, 3.05) is 34.3 Å². The molecule has 1 aromatic rings. The van der Waals surface area contributed by atoms with E-state index < -0.39 is 17.7 Å². The lowest BCUT2D eigenvalue weighted by Gasteiger charge is -2.30. The molecule has 1 atom stereocenters. The van der Waals surface area contributed by atoms with Gasteiger partial charge in [-0.3, -0.25) is 9.79 Å². The van der Waals surface area contributed by atoms with Crippen LogP contribution < -0.4 is 10.6 Å². The van der Waals surface area contributed by atoms with Crippen molar-refractivity contribution < 1.29 is 18.3 Å². The molecule has 29 heavy (non-hydrogen) atoms. The van der Waals surface area contributed by atoms with E-state index in [0.29, 0.717) is 19.1 Å². The average molecular weight is 411 g/mol. The summed E-state index contributed by atoms with van der Waals surface area (Å²) in [6.45, 7) is 2.51. The minimum atomic E-state index is -0.564. The van der Waals surface area contributed by atoms with Crippen molar-refractivity contribution >= 4 is 11.9 Å². The summed E-state index contributed by atoms with van der Waals surface area (Å²) in [5.74, 6) is -0.705. The fourth-order valence-electron chi connectivity index (χ4n) is 3.69. The first-order valence-electron chi connectivity index (χ1n) is 10.1. The van der Waals surface area contributed by atoms with Gasteiger partial charge in [0.05, 0.1) is 18.6 Å². The minimum Gasteiger partial charge on any atom is -0.466 e. The summed E-state index contributed by atoms with van der Waals surface area (Å²) in [6.07, 6.45) is 3.22. The Bertz CT molecular complexity index is 684. The van der Waals surface area contributed by atoms with Crippen molar-refractivity contribution in [2.45, 2.75) is 44.7 Å². The fourth-order valence-corrected chi connectivity index (χ4v) is 3.69. The largest absolute Gasteiger partial charge is 0.466 e. The van der Waals surface area contributed by atoms with Crippen molar-refractivity contribution in [3.8, 4) is 0 Å². The van der Waals surface area contributed by atoms with Crippen molar-refractivity contribution in [1.82, 2.24) is 15.5 Å². The second-order valence-electron chi connectivity index (χ2n) is 7.51. The van der Waals surface area contributed by atoms with Crippen LogP contribution in [0.5, 0.6) is 0 Å². The molecule has 1 unspecified atom stereocenters. The Balaban J connectivity index is 1.92. The number of nitrogens with zero attached hydrogens (tertiary/aromatic N) is 2. The van der Waals surface area contributed by atoms with Gasteiger partial charge < -0.3 is 20.3 Å². The molecule has 0 saturated heterocycles. The Morgan fingerprint density at radius 1 is 1.24 bits per heavy atom. The molecule has 2 rings (SSSR count). The SMILES string of the molecule is CCOC(=O)C1CCC(NC(=NC)NCC(c2c(F)cccc2F)N(C)C)CC1. The molecule has 6 nitrogen and oxygen atoms in total. The highest BCUT2D eigenvalue weighted by Crippen LogP contribution is 2.26. The van der Waals surface area contributed by atoms with Gasteiger partial charge in [0, 0.05) is 25.2 Å². The standard InChI is InChI=1S/C21H32F2N4O2/c1-5-29-20(28)14-9-11-15(12-10-14)26-21(24-2)25-13-18(27(3)4)19-16(22)7-6-8-17(19)23/h6-8,14-15,18H,5,9-13H2,1-4H3,(H2,24,25,26). The number of esters is 1. The zero-order valence-corrected chi connectivity index (χ0v) is 17.7. The van der Waals surface area contributed by atoms with Crippen LogP contribution in [-0.2, 0) is 9.53 Å². The Morgan fingerprint density at radius 3 is 2.38 bits per heavy atom. The van der Waals surface area contributed by atoms with E-state index in [-0.39, 0.29) is 23.5 Å². The van der Waals surface area contributed by atoms with Gasteiger partial charge in [-0.1, -0.05) is 6.07 Å². The van der Waals surface area contributed by atoms with E-state index in [4.69, 9.17) is 4.74 Å². The normalized spacial score (nSPS) is 21.0. The van der Waals surface area contributed by atoms with E-state index >= 15 is 0 Å². The molecule has 8 heteroatoms. The monoisotopic (exact) mass is 410 g/mol. The first-order valence-corrected chi connectivity index (χ1v) is 10.1. The van der Waals surface area contributed by atoms with Gasteiger partial charge in [0.15, 0.2) is 5.96 Å². The maximum Gasteiger partial charge on any atom is 0.308 e. The van der Waals surface area contributed by atoms with Gasteiger partial charge in [-0.05, 0) is 58.8 Å². The number of carbonyl (C=O) groups is 1. The Labute approximate surface area is 171 Å². The molecule has 0 heterocycles. The molecule has 2 N–H and O–H groups in total. The van der Waals surface area contributed by atoms with Gasteiger partial charge in [-0.25, -0.2) is 8.78 Å². The van der Waals surface area contributed by atoms with Crippen molar-refractivity contribution in [2.24, 2.45) is 10.9 Å². The molecule has 0 radical (unpaired) electrons. The molecule has 0 aliphatic heterocycles. The summed E-state index contributed by atoms with van der Waals surface area (Å²) in [5, 5.41) is 6.53. The van der Waals surface area contributed by atoms with Gasteiger partial charge in [-0.2, -0.15) is 0 Å². The van der Waals surface area contributed by atoms with E-state index in [0.717, 1.165) is 25.7 Å². The number of halogens is 2. The number of carbonyl (C=O) groups excluding carboxylic acids is 1. The lowest BCUT2D eigenvalue weighted by Crippen LogP contribution is -2.47. The zero-order chi connectivity index (χ0) is 21.4. The van der Waals surface area contributed by atoms with Crippen LogP contribution >= 0.6 is 0 Å². The molecule has 0 aromatic heterocycles. The van der Waals surface area contributed by atoms with Gasteiger partial charge in [0.25, 0.3) is 0 Å². The fraction of sp³-hybridized carbons (Fsp3) is 0.619. The van der Waals surface area contributed by atoms with Gasteiger partial charge >= 0.3 is 5.97 Å². The lowest BCUT2D eigenvalue weighted by atomic mass is 9.86. The number of hydrogen-bond acceptors (Lipinski definition) is 4. The number of nitrogens with one attached hydrogen (secondary N) is 2. The van der Waals surface area contributed by atoms with Crippen LogP contribution in [-0.4, -0.2) is 57.2 Å². The van der Waals surface area contributed by atoms with Gasteiger partial charge in [0.1, 0.15) is 11.6 Å². The summed E-state index contributed by atoms with van der Waals surface area (Å²) >= 11 is 0. The topological polar surface area (TPSA) is 66.0 Å². The second kappa shape index (κ2) is 11.1. The maximum absolute atomic E-state index is 14.2. The average Bonchev–Trinajstić information content (AvgIpc) is 2.69. The number of guanidine groups is 1. The molecule has 1 saturated carbocycles. The number of rotatable bonds is 7. The number of likely N-dealkylation sites (N-methyl/N-ethyl adjacent to an activating group) is 1. The smallest absolute Gasteiger partial charge is 0.308 e. The second-order valence-corrected chi connectivity index (χ2v) is 7.51. The molecule has 162 valence electrons. The van der Waals surface area contributed by atoms with E-state index in [9.17, 15) is 13.6 Å². The van der Waals surface area contributed by atoms with Crippen LogP contribution in [0.3, 0.4) is 0 Å². The van der Waals surface area contributed by atoms with E-state index in [2.05, 4.69) is 15.6 Å². The molecular formula is C21H32F2N4O2. The maximum atomic E-state index is 14.2. The first kappa shape index (κ1) is 23.1. The van der Waals surface area contributed by atoms with Crippen LogP contribution in [0.15, 0.2) is 23.2 Å². The molecule has 1 aliphatic carbocycles. The van der Waals surface area contributed by atoms with Crippen LogP contribution in [0.4, 0.5) is 8.78 Å². The highest BCUT2D eigenvalue weighted by molar-refractivity contribution is 5.80. The van der Waals surface area contributed by atoms with Gasteiger partial charge in [0.2, 0.25) is 0 Å². The van der Waals surface area contributed by atoms with Crippen LogP contribution in [0, 0.1) is 17.6 Å². The predicted octanol–water partition coefficient (Wildman–Crippen LogP) is 2.85. The number of ether oxygens (including phenoxy) is 1. The van der Waals surface area contributed by atoms with E-state index in [1.807, 2.05) is 6.92 Å². The summed E-state index contributed by atoms with van der Waals surface area (Å²) in [5.41, 5.74) is 0.0374. The Kier molecular flexibility index (Phi) is 8.82. The molecule has 0 spiro atoms. The molecule has 1 aliphatic rings. The van der Waals surface area contributed by atoms with Gasteiger partial charge in [-0.15, -0.1) is 0 Å². The quantitative estimate of drug-likeness (QED) is 0.411. The molecule has 1 aromatic carbocycles. The molecule has 1 fully saturated rings. The summed E-state index contributed by atoms with van der Waals surface area (Å²) in [7, 11) is 5.23. The van der Waals surface area contributed by atoms with Crippen LogP contribution in [0.1, 0.15) is 44.2 Å². The number of aliphatic imine (C=N–C) groups is 1. The summed E-state index contributed by atoms with van der Waals surface area (Å²) in [4.78, 5) is 17.9. The minimum absolute atomic E-state index is 0.0369. The predicted molar refractivity (Wildman–Crippen MR) is 110 cm³/mol. The van der Waals surface area contributed by atoms with Crippen LogP contribution in [0.2, 0.25) is 0 Å². The van der Waals surface area contributed by atoms with E-state index in [1.54, 1.807) is 26.0 Å². The lowest BCUT2D eigenvalue weighted by molar-refractivity contribution is -0.149. The Hall–Kier alpha value is -2.22. The summed E-state index contributed by atoms with van der Waals surface area (Å²) in [6, 6.07) is 3.60. The highest BCUT2D eigenvalue weighted by atomic mass is 19.1. The first-order chi connectivity index (χ1) is 13.9. The summed E-state index contributed by atoms with van der Waals surface area (Å²) < 4.78 is 33.5. The van der Waals surface area contributed by atoms with Crippen LogP contribution in [0.25, 0.3) is 0 Å². The third-order valence-corrected chi connectivity index (χ3v) is 5.33. The third-order valence-electron chi connectivity index (χ3n) is 5.33. The number of benzene rings is 1. The molecule has 0 amide bonds. The Morgan fingerprint density at radius 2 is 1.86 bits per heavy atom. The third kappa shape index (κ3) is 6.39. The van der Waals surface area contributed by atoms with Crippen molar-refractivity contribution in [1.29, 1.82) is 0 Å². The van der Waals surface area contributed by atoms with Crippen molar-refractivity contribution in [3.63, 3.8) is 0 Å². The molecule has 0 bridgehead atoms. The van der Waals surface area contributed by atoms with Crippen molar-refractivity contribution in [3.05, 3.63) is 35.4 Å². The van der Waals surface area contributed by atoms with E-state index in [1.165, 1.54) is 18.2 Å². The number of hydrogen-bond donors (Lipinski definition) is 2. The highest BCUT2D eigenvalue weighted by Gasteiger charge is 2.28.